The predicted octanol–water partition coefficient (Wildman–Crippen LogP) is 3.84. The molecule has 3 heteroatoms. The summed E-state index contributed by atoms with van der Waals surface area (Å²) in [4.78, 5) is 2.66. The highest BCUT2D eigenvalue weighted by molar-refractivity contribution is 7.12. The van der Waals surface area contributed by atoms with Crippen molar-refractivity contribution in [3.05, 3.63) is 50.7 Å². The van der Waals surface area contributed by atoms with Crippen molar-refractivity contribution in [3.8, 4) is 5.75 Å². The summed E-state index contributed by atoms with van der Waals surface area (Å²) in [6.07, 6.45) is 6.12. The molecule has 1 aliphatic heterocycles. The van der Waals surface area contributed by atoms with Gasteiger partial charge in [0.15, 0.2) is 0 Å². The molecule has 2 nitrogen and oxygen atoms in total. The molecule has 0 fully saturated rings. The average Bonchev–Trinajstić information content (AvgIpc) is 3.18. The van der Waals surface area contributed by atoms with Gasteiger partial charge in [-0.2, -0.15) is 0 Å². The van der Waals surface area contributed by atoms with E-state index in [0.717, 1.165) is 36.5 Å². The van der Waals surface area contributed by atoms with Crippen molar-refractivity contribution in [2.24, 2.45) is 0 Å². The molecule has 0 amide bonds. The molecule has 1 N–H and O–H groups in total. The fourth-order valence-corrected chi connectivity index (χ4v) is 4.64. The van der Waals surface area contributed by atoms with Gasteiger partial charge in [0.2, 0.25) is 0 Å². The largest absolute Gasteiger partial charge is 0.493 e. The molecule has 0 saturated heterocycles. The van der Waals surface area contributed by atoms with Crippen LogP contribution in [0.5, 0.6) is 5.75 Å². The Labute approximate surface area is 129 Å². The van der Waals surface area contributed by atoms with Crippen LogP contribution in [0, 0.1) is 0 Å². The van der Waals surface area contributed by atoms with Gasteiger partial charge in [0, 0.05) is 16.2 Å². The molecule has 0 bridgehead atoms. The van der Waals surface area contributed by atoms with Crippen LogP contribution < -0.4 is 4.74 Å². The number of hydrogen-bond acceptors (Lipinski definition) is 3. The third-order valence-electron chi connectivity index (χ3n) is 4.55. The van der Waals surface area contributed by atoms with Crippen LogP contribution in [-0.2, 0) is 25.7 Å². The zero-order chi connectivity index (χ0) is 14.2. The van der Waals surface area contributed by atoms with E-state index in [-0.39, 0.29) is 6.10 Å². The van der Waals surface area contributed by atoms with E-state index >= 15 is 0 Å². The number of rotatable bonds is 4. The summed E-state index contributed by atoms with van der Waals surface area (Å²) in [5.74, 6) is 1.04. The fraction of sp³-hybridized carbons (Fsp3) is 0.444. The number of benzene rings is 1. The Morgan fingerprint density at radius 3 is 3.00 bits per heavy atom. The molecular formula is C18H20O2S. The Bertz CT molecular complexity index is 638. The topological polar surface area (TPSA) is 29.5 Å². The first-order chi connectivity index (χ1) is 10.3. The summed E-state index contributed by atoms with van der Waals surface area (Å²) in [7, 11) is 0. The molecule has 1 aliphatic carbocycles. The van der Waals surface area contributed by atoms with E-state index in [0.29, 0.717) is 0 Å². The summed E-state index contributed by atoms with van der Waals surface area (Å²) in [5.41, 5.74) is 4.10. The maximum atomic E-state index is 10.4. The van der Waals surface area contributed by atoms with Gasteiger partial charge in [-0.3, -0.25) is 0 Å². The van der Waals surface area contributed by atoms with Gasteiger partial charge in [0.05, 0.1) is 12.7 Å². The van der Waals surface area contributed by atoms with Gasteiger partial charge in [-0.05, 0) is 60.9 Å². The van der Waals surface area contributed by atoms with Crippen LogP contribution in [0.2, 0.25) is 0 Å². The Kier molecular flexibility index (Phi) is 3.48. The smallest absolute Gasteiger partial charge is 0.122 e. The van der Waals surface area contributed by atoms with Gasteiger partial charge in [0.1, 0.15) is 5.75 Å². The van der Waals surface area contributed by atoms with Crippen LogP contribution in [0.25, 0.3) is 0 Å². The van der Waals surface area contributed by atoms with Crippen LogP contribution >= 0.6 is 11.3 Å². The molecule has 4 rings (SSSR count). The van der Waals surface area contributed by atoms with Crippen LogP contribution in [0.15, 0.2) is 24.3 Å². The lowest BCUT2D eigenvalue weighted by Gasteiger charge is -2.09. The number of aliphatic hydroxyl groups is 1. The number of aliphatic hydroxyl groups excluding tert-OH is 1. The Morgan fingerprint density at radius 1 is 1.14 bits per heavy atom. The molecule has 1 aromatic carbocycles. The van der Waals surface area contributed by atoms with E-state index in [2.05, 4.69) is 24.3 Å². The van der Waals surface area contributed by atoms with Crippen molar-refractivity contribution in [1.29, 1.82) is 0 Å². The average molecular weight is 300 g/mol. The summed E-state index contributed by atoms with van der Waals surface area (Å²) < 4.78 is 5.54. The number of aryl methyl sites for hydroxylation is 3. The van der Waals surface area contributed by atoms with Gasteiger partial charge < -0.3 is 9.84 Å². The normalized spacial score (nSPS) is 17.4. The Hall–Kier alpha value is -1.32. The second kappa shape index (κ2) is 5.47. The van der Waals surface area contributed by atoms with Crippen molar-refractivity contribution < 1.29 is 9.84 Å². The fourth-order valence-electron chi connectivity index (χ4n) is 3.36. The first-order valence-corrected chi connectivity index (χ1v) is 8.65. The number of hydrogen-bond donors (Lipinski definition) is 1. The predicted molar refractivity (Wildman–Crippen MR) is 85.3 cm³/mol. The van der Waals surface area contributed by atoms with E-state index in [1.54, 1.807) is 0 Å². The second-order valence-corrected chi connectivity index (χ2v) is 7.21. The molecule has 2 aromatic rings. The highest BCUT2D eigenvalue weighted by atomic mass is 32.1. The van der Waals surface area contributed by atoms with Crippen molar-refractivity contribution in [2.45, 2.75) is 44.6 Å². The van der Waals surface area contributed by atoms with Crippen molar-refractivity contribution in [3.63, 3.8) is 0 Å². The summed E-state index contributed by atoms with van der Waals surface area (Å²) in [6.45, 7) is 0.808. The number of fused-ring (bicyclic) bond motifs is 2. The van der Waals surface area contributed by atoms with E-state index in [9.17, 15) is 5.11 Å². The molecule has 0 radical (unpaired) electrons. The summed E-state index contributed by atoms with van der Waals surface area (Å²) in [6, 6.07) is 8.67. The number of ether oxygens (including phenoxy) is 1. The maximum Gasteiger partial charge on any atom is 0.122 e. The Balaban J connectivity index is 1.41. The van der Waals surface area contributed by atoms with Crippen LogP contribution in [0.3, 0.4) is 0 Å². The van der Waals surface area contributed by atoms with Crippen LogP contribution in [0.1, 0.15) is 45.4 Å². The lowest BCUT2D eigenvalue weighted by molar-refractivity contribution is 0.171. The third-order valence-corrected chi connectivity index (χ3v) is 5.89. The van der Waals surface area contributed by atoms with Crippen LogP contribution in [0.4, 0.5) is 0 Å². The second-order valence-electron chi connectivity index (χ2n) is 6.05. The minimum Gasteiger partial charge on any atom is -0.493 e. The lowest BCUT2D eigenvalue weighted by atomic mass is 10.0. The molecular weight excluding hydrogens is 280 g/mol. The monoisotopic (exact) mass is 300 g/mol. The van der Waals surface area contributed by atoms with Gasteiger partial charge >= 0.3 is 0 Å². The zero-order valence-corrected chi connectivity index (χ0v) is 12.9. The van der Waals surface area contributed by atoms with Gasteiger partial charge in [0.25, 0.3) is 0 Å². The lowest BCUT2D eigenvalue weighted by Crippen LogP contribution is -1.98. The SMILES string of the molecule is OC(CCc1ccc2c(c1)CCO2)c1cc2c(s1)CCC2. The maximum absolute atomic E-state index is 10.4. The quantitative estimate of drug-likeness (QED) is 0.929. The first kappa shape index (κ1) is 13.4. The highest BCUT2D eigenvalue weighted by Crippen LogP contribution is 2.35. The van der Waals surface area contributed by atoms with E-state index in [1.807, 2.05) is 11.3 Å². The molecule has 0 saturated carbocycles. The van der Waals surface area contributed by atoms with Gasteiger partial charge in [-0.15, -0.1) is 11.3 Å². The molecule has 2 aliphatic rings. The zero-order valence-electron chi connectivity index (χ0n) is 12.1. The standard InChI is InChI=1S/C18H20O2S/c19-15(18-11-14-2-1-3-17(14)21-18)6-4-12-5-7-16-13(10-12)8-9-20-16/h5,7,10-11,15,19H,1-4,6,8-9H2. The molecule has 21 heavy (non-hydrogen) atoms. The molecule has 2 heterocycles. The molecule has 1 unspecified atom stereocenters. The van der Waals surface area contributed by atoms with Gasteiger partial charge in [-0.1, -0.05) is 12.1 Å². The van der Waals surface area contributed by atoms with E-state index in [4.69, 9.17) is 4.74 Å². The molecule has 1 atom stereocenters. The third kappa shape index (κ3) is 2.60. The van der Waals surface area contributed by atoms with E-state index in [1.165, 1.54) is 40.8 Å². The molecule has 110 valence electrons. The van der Waals surface area contributed by atoms with Crippen molar-refractivity contribution in [2.75, 3.05) is 6.61 Å². The van der Waals surface area contributed by atoms with Crippen molar-refractivity contribution >= 4 is 11.3 Å². The minimum atomic E-state index is -0.315. The highest BCUT2D eigenvalue weighted by Gasteiger charge is 2.19. The first-order valence-electron chi connectivity index (χ1n) is 7.84. The van der Waals surface area contributed by atoms with E-state index < -0.39 is 0 Å². The molecule has 1 aromatic heterocycles. The molecule has 0 spiro atoms. The summed E-state index contributed by atoms with van der Waals surface area (Å²) >= 11 is 1.82. The Morgan fingerprint density at radius 2 is 2.10 bits per heavy atom. The van der Waals surface area contributed by atoms with Crippen LogP contribution in [-0.4, -0.2) is 11.7 Å². The summed E-state index contributed by atoms with van der Waals surface area (Å²) in [5, 5.41) is 10.4. The number of thiophene rings is 1. The van der Waals surface area contributed by atoms with Crippen molar-refractivity contribution in [1.82, 2.24) is 0 Å². The minimum absolute atomic E-state index is 0.315. The van der Waals surface area contributed by atoms with Gasteiger partial charge in [-0.25, -0.2) is 0 Å².